The lowest BCUT2D eigenvalue weighted by molar-refractivity contribution is 0.106. The second-order valence-electron chi connectivity index (χ2n) is 3.78. The number of hydrogen-bond acceptors (Lipinski definition) is 1. The van der Waals surface area contributed by atoms with E-state index in [9.17, 15) is 0 Å². The van der Waals surface area contributed by atoms with Crippen molar-refractivity contribution < 1.29 is 4.74 Å². The summed E-state index contributed by atoms with van der Waals surface area (Å²) in [5.74, 6) is 0. The van der Waals surface area contributed by atoms with Crippen molar-refractivity contribution >= 4 is 0 Å². The lowest BCUT2D eigenvalue weighted by Gasteiger charge is -2.16. The summed E-state index contributed by atoms with van der Waals surface area (Å²) >= 11 is 0. The second kappa shape index (κ2) is 6.41. The largest absolute Gasteiger partial charge is 0.369 e. The van der Waals surface area contributed by atoms with Crippen LogP contribution in [-0.4, -0.2) is 12.7 Å². The van der Waals surface area contributed by atoms with Gasteiger partial charge in [-0.2, -0.15) is 0 Å². The van der Waals surface area contributed by atoms with Crippen molar-refractivity contribution in [3.63, 3.8) is 0 Å². The van der Waals surface area contributed by atoms with Crippen LogP contribution in [0.15, 0.2) is 48.1 Å². The van der Waals surface area contributed by atoms with Crippen molar-refractivity contribution in [1.29, 1.82) is 0 Å². The highest BCUT2D eigenvalue weighted by atomic mass is 16.5. The molecular formula is C14H20O. The van der Waals surface area contributed by atoms with Gasteiger partial charge in [0.15, 0.2) is 0 Å². The summed E-state index contributed by atoms with van der Waals surface area (Å²) in [6, 6.07) is 0. The van der Waals surface area contributed by atoms with Crippen molar-refractivity contribution in [1.82, 2.24) is 0 Å². The van der Waals surface area contributed by atoms with Crippen molar-refractivity contribution in [2.24, 2.45) is 0 Å². The number of rotatable bonds is 5. The van der Waals surface area contributed by atoms with E-state index in [0.717, 1.165) is 12.8 Å². The standard InChI is InChI=1S/C14H20O/c1-4-6-13(5-2)11-15-14-9-7-12(3)8-10-14/h5-9,14H,2,4,10-11H2,1,3H3/b13-6-/t14-/m1/s1. The molecular weight excluding hydrogens is 184 g/mol. The van der Waals surface area contributed by atoms with Crippen molar-refractivity contribution in [3.8, 4) is 0 Å². The molecule has 1 nitrogen and oxygen atoms in total. The maximum Gasteiger partial charge on any atom is 0.0798 e. The average molecular weight is 204 g/mol. The Bertz CT molecular complexity index is 294. The monoisotopic (exact) mass is 204 g/mol. The van der Waals surface area contributed by atoms with Gasteiger partial charge in [-0.25, -0.2) is 0 Å². The van der Waals surface area contributed by atoms with E-state index in [0.29, 0.717) is 6.61 Å². The summed E-state index contributed by atoms with van der Waals surface area (Å²) in [6.07, 6.45) is 12.7. The van der Waals surface area contributed by atoms with Crippen LogP contribution >= 0.6 is 0 Å². The quantitative estimate of drug-likeness (QED) is 0.619. The molecule has 0 N–H and O–H groups in total. The fourth-order valence-corrected chi connectivity index (χ4v) is 1.50. The third-order valence-corrected chi connectivity index (χ3v) is 2.44. The lowest BCUT2D eigenvalue weighted by Crippen LogP contribution is -2.12. The van der Waals surface area contributed by atoms with Crippen LogP contribution in [0, 0.1) is 0 Å². The van der Waals surface area contributed by atoms with Crippen molar-refractivity contribution in [2.75, 3.05) is 6.61 Å². The normalized spacial score (nSPS) is 21.3. The van der Waals surface area contributed by atoms with Gasteiger partial charge in [-0.3, -0.25) is 0 Å². The maximum absolute atomic E-state index is 5.77. The highest BCUT2D eigenvalue weighted by Crippen LogP contribution is 2.13. The molecule has 0 aliphatic heterocycles. The van der Waals surface area contributed by atoms with Crippen LogP contribution in [0.5, 0.6) is 0 Å². The van der Waals surface area contributed by atoms with E-state index in [-0.39, 0.29) is 6.10 Å². The Morgan fingerprint density at radius 3 is 3.00 bits per heavy atom. The fourth-order valence-electron chi connectivity index (χ4n) is 1.50. The van der Waals surface area contributed by atoms with Crippen molar-refractivity contribution in [2.45, 2.75) is 32.8 Å². The molecule has 82 valence electrons. The molecule has 1 aliphatic carbocycles. The van der Waals surface area contributed by atoms with E-state index in [2.05, 4.69) is 44.7 Å². The van der Waals surface area contributed by atoms with Crippen LogP contribution in [0.4, 0.5) is 0 Å². The van der Waals surface area contributed by atoms with Crippen LogP contribution in [0.2, 0.25) is 0 Å². The second-order valence-corrected chi connectivity index (χ2v) is 3.78. The molecule has 0 saturated carbocycles. The van der Waals surface area contributed by atoms with E-state index < -0.39 is 0 Å². The topological polar surface area (TPSA) is 9.23 Å². The van der Waals surface area contributed by atoms with Crippen molar-refractivity contribution in [3.05, 3.63) is 48.1 Å². The highest BCUT2D eigenvalue weighted by molar-refractivity contribution is 5.22. The number of allylic oxidation sites excluding steroid dienone is 3. The van der Waals surface area contributed by atoms with Crippen LogP contribution in [0.3, 0.4) is 0 Å². The molecule has 1 atom stereocenters. The molecule has 0 heterocycles. The highest BCUT2D eigenvalue weighted by Gasteiger charge is 2.07. The lowest BCUT2D eigenvalue weighted by atomic mass is 10.1. The predicted molar refractivity (Wildman–Crippen MR) is 65.8 cm³/mol. The molecule has 0 bridgehead atoms. The van der Waals surface area contributed by atoms with E-state index in [1.807, 2.05) is 6.08 Å². The zero-order valence-electron chi connectivity index (χ0n) is 9.70. The van der Waals surface area contributed by atoms with E-state index >= 15 is 0 Å². The maximum atomic E-state index is 5.77. The van der Waals surface area contributed by atoms with Crippen LogP contribution in [-0.2, 0) is 4.74 Å². The molecule has 0 saturated heterocycles. The van der Waals surface area contributed by atoms with Gasteiger partial charge in [0.2, 0.25) is 0 Å². The van der Waals surface area contributed by atoms with Gasteiger partial charge < -0.3 is 4.74 Å². The molecule has 0 unspecified atom stereocenters. The van der Waals surface area contributed by atoms with Gasteiger partial charge in [-0.05, 0) is 25.3 Å². The minimum Gasteiger partial charge on any atom is -0.369 e. The Labute approximate surface area is 92.8 Å². The molecule has 15 heavy (non-hydrogen) atoms. The summed E-state index contributed by atoms with van der Waals surface area (Å²) in [4.78, 5) is 0. The smallest absolute Gasteiger partial charge is 0.0798 e. The molecule has 1 aliphatic rings. The van der Waals surface area contributed by atoms with Gasteiger partial charge in [0.05, 0.1) is 12.7 Å². The zero-order valence-corrected chi connectivity index (χ0v) is 9.70. The van der Waals surface area contributed by atoms with Gasteiger partial charge in [-0.15, -0.1) is 0 Å². The minimum atomic E-state index is 0.230. The molecule has 0 aromatic rings. The van der Waals surface area contributed by atoms with E-state index in [1.165, 1.54) is 11.1 Å². The Morgan fingerprint density at radius 2 is 2.47 bits per heavy atom. The van der Waals surface area contributed by atoms with Crippen LogP contribution in [0.25, 0.3) is 0 Å². The summed E-state index contributed by atoms with van der Waals surface area (Å²) in [6.45, 7) is 8.67. The van der Waals surface area contributed by atoms with Gasteiger partial charge in [0, 0.05) is 0 Å². The Morgan fingerprint density at radius 1 is 1.67 bits per heavy atom. The molecule has 0 radical (unpaired) electrons. The molecule has 0 aromatic heterocycles. The fraction of sp³-hybridized carbons (Fsp3) is 0.429. The van der Waals surface area contributed by atoms with Crippen LogP contribution in [0.1, 0.15) is 26.7 Å². The molecule has 0 amide bonds. The minimum absolute atomic E-state index is 0.230. The predicted octanol–water partition coefficient (Wildman–Crippen LogP) is 3.80. The van der Waals surface area contributed by atoms with Gasteiger partial charge in [-0.1, -0.05) is 49.5 Å². The Balaban J connectivity index is 2.35. The van der Waals surface area contributed by atoms with Crippen LogP contribution < -0.4 is 0 Å². The first-order valence-electron chi connectivity index (χ1n) is 5.54. The third kappa shape index (κ3) is 4.30. The van der Waals surface area contributed by atoms with Gasteiger partial charge >= 0.3 is 0 Å². The molecule has 1 heteroatoms. The molecule has 0 spiro atoms. The summed E-state index contributed by atoms with van der Waals surface area (Å²) < 4.78 is 5.77. The summed E-state index contributed by atoms with van der Waals surface area (Å²) in [5.41, 5.74) is 2.50. The average Bonchev–Trinajstić information content (AvgIpc) is 2.26. The number of ether oxygens (including phenoxy) is 1. The van der Waals surface area contributed by atoms with Gasteiger partial charge in [0.1, 0.15) is 0 Å². The summed E-state index contributed by atoms with van der Waals surface area (Å²) in [5, 5.41) is 0. The number of hydrogen-bond donors (Lipinski definition) is 0. The first kappa shape index (κ1) is 12.0. The molecule has 1 rings (SSSR count). The summed E-state index contributed by atoms with van der Waals surface area (Å²) in [7, 11) is 0. The van der Waals surface area contributed by atoms with E-state index in [1.54, 1.807) is 0 Å². The van der Waals surface area contributed by atoms with E-state index in [4.69, 9.17) is 4.74 Å². The first-order valence-corrected chi connectivity index (χ1v) is 5.54. The third-order valence-electron chi connectivity index (χ3n) is 2.44. The molecule has 0 fully saturated rings. The molecule has 0 aromatic carbocycles. The zero-order chi connectivity index (χ0) is 11.1. The first-order chi connectivity index (χ1) is 7.26. The van der Waals surface area contributed by atoms with Gasteiger partial charge in [0.25, 0.3) is 0 Å². The Hall–Kier alpha value is -1.08. The Kier molecular flexibility index (Phi) is 5.13. The SMILES string of the molecule is C=C/C(=C/CC)CO[C@@H]1C=CC(C)=CC1.